The zero-order valence-corrected chi connectivity index (χ0v) is 17.2. The Balaban J connectivity index is 1.67. The highest BCUT2D eigenvalue weighted by molar-refractivity contribution is 5.95. The molecule has 4 aromatic rings. The average Bonchev–Trinajstić information content (AvgIpc) is 3.42. The second-order valence-electron chi connectivity index (χ2n) is 8.08. The van der Waals surface area contributed by atoms with Crippen molar-refractivity contribution in [2.45, 2.75) is 51.1 Å². The average molecular weight is 399 g/mol. The van der Waals surface area contributed by atoms with E-state index < -0.39 is 0 Å². The van der Waals surface area contributed by atoms with Crippen LogP contribution in [0.15, 0.2) is 60.8 Å². The van der Waals surface area contributed by atoms with Crippen molar-refractivity contribution in [1.82, 2.24) is 19.9 Å². The molecule has 2 heterocycles. The van der Waals surface area contributed by atoms with Crippen LogP contribution in [0, 0.1) is 0 Å². The van der Waals surface area contributed by atoms with Crippen molar-refractivity contribution in [3.8, 4) is 11.4 Å². The third-order valence-corrected chi connectivity index (χ3v) is 6.19. The molecule has 1 aliphatic rings. The molecule has 152 valence electrons. The van der Waals surface area contributed by atoms with E-state index in [2.05, 4.69) is 33.9 Å². The number of aromatic nitrogens is 3. The van der Waals surface area contributed by atoms with Crippen molar-refractivity contribution < 1.29 is 4.79 Å². The molecule has 1 saturated carbocycles. The van der Waals surface area contributed by atoms with Gasteiger partial charge in [-0.2, -0.15) is 0 Å². The predicted octanol–water partition coefficient (Wildman–Crippen LogP) is 5.26. The van der Waals surface area contributed by atoms with Gasteiger partial charge >= 0.3 is 0 Å². The van der Waals surface area contributed by atoms with E-state index in [1.54, 1.807) is 0 Å². The molecule has 1 aliphatic carbocycles. The lowest BCUT2D eigenvalue weighted by Crippen LogP contribution is -2.38. The number of para-hydroxylation sites is 3. The number of carbonyl (C=O) groups excluding carboxylic acids is 1. The fourth-order valence-corrected chi connectivity index (χ4v) is 4.69. The molecule has 5 rings (SSSR count). The van der Waals surface area contributed by atoms with Gasteiger partial charge in [-0.1, -0.05) is 50.1 Å². The molecule has 1 atom stereocenters. The summed E-state index contributed by atoms with van der Waals surface area (Å²) in [5.74, 6) is 0.912. The lowest BCUT2D eigenvalue weighted by atomic mass is 10.1. The summed E-state index contributed by atoms with van der Waals surface area (Å²) >= 11 is 0. The smallest absolute Gasteiger partial charge is 0.243 e. The zero-order valence-electron chi connectivity index (χ0n) is 17.2. The van der Waals surface area contributed by atoms with Crippen molar-refractivity contribution in [2.24, 2.45) is 0 Å². The normalized spacial score (nSPS) is 15.6. The van der Waals surface area contributed by atoms with Crippen LogP contribution in [0.3, 0.4) is 0 Å². The van der Waals surface area contributed by atoms with E-state index in [0.29, 0.717) is 12.5 Å². The number of nitrogens with one attached hydrogen (secondary N) is 1. The molecule has 0 radical (unpaired) electrons. The summed E-state index contributed by atoms with van der Waals surface area (Å²) in [6.45, 7) is 2.07. The molecule has 30 heavy (non-hydrogen) atoms. The van der Waals surface area contributed by atoms with Gasteiger partial charge in [0.2, 0.25) is 5.91 Å². The first-order valence-electron chi connectivity index (χ1n) is 10.9. The molecule has 1 amide bonds. The van der Waals surface area contributed by atoms with Crippen LogP contribution in [-0.2, 0) is 4.79 Å². The highest BCUT2D eigenvalue weighted by atomic mass is 16.2. The van der Waals surface area contributed by atoms with Gasteiger partial charge in [-0.3, -0.25) is 9.78 Å². The van der Waals surface area contributed by atoms with Crippen molar-refractivity contribution in [2.75, 3.05) is 0 Å². The number of fused-ring (bicyclic) bond motifs is 2. The Hall–Kier alpha value is -3.21. The van der Waals surface area contributed by atoms with Crippen LogP contribution >= 0.6 is 0 Å². The third-order valence-electron chi connectivity index (χ3n) is 6.19. The van der Waals surface area contributed by atoms with Crippen molar-refractivity contribution in [3.05, 3.63) is 60.8 Å². The van der Waals surface area contributed by atoms with Gasteiger partial charge in [-0.05, 0) is 43.5 Å². The van der Waals surface area contributed by atoms with E-state index in [9.17, 15) is 4.79 Å². The molecule has 5 heteroatoms. The minimum Gasteiger partial charge on any atom is -0.352 e. The van der Waals surface area contributed by atoms with Crippen LogP contribution in [-0.4, -0.2) is 26.5 Å². The van der Waals surface area contributed by atoms with Crippen LogP contribution in [0.1, 0.15) is 45.1 Å². The Morgan fingerprint density at radius 2 is 1.80 bits per heavy atom. The topological polar surface area (TPSA) is 59.8 Å². The minimum atomic E-state index is -0.306. The molecular weight excluding hydrogens is 372 g/mol. The van der Waals surface area contributed by atoms with Gasteiger partial charge in [0, 0.05) is 23.2 Å². The second-order valence-corrected chi connectivity index (χ2v) is 8.08. The number of carbonyl (C=O) groups is 1. The molecule has 0 saturated heterocycles. The van der Waals surface area contributed by atoms with Gasteiger partial charge in [0.1, 0.15) is 11.9 Å². The van der Waals surface area contributed by atoms with Gasteiger partial charge in [-0.15, -0.1) is 0 Å². The maximum Gasteiger partial charge on any atom is 0.243 e. The predicted molar refractivity (Wildman–Crippen MR) is 120 cm³/mol. The molecule has 0 spiro atoms. The van der Waals surface area contributed by atoms with E-state index in [4.69, 9.17) is 4.98 Å². The van der Waals surface area contributed by atoms with Gasteiger partial charge in [-0.25, -0.2) is 4.98 Å². The Morgan fingerprint density at radius 1 is 1.07 bits per heavy atom. The van der Waals surface area contributed by atoms with Gasteiger partial charge in [0.25, 0.3) is 0 Å². The molecule has 5 nitrogen and oxygen atoms in total. The fraction of sp³-hybridized carbons (Fsp3) is 0.320. The zero-order chi connectivity index (χ0) is 20.5. The SMILES string of the molecule is CCC(C(=O)NC1CCCC1)n1c(-c2ccnc3ccccc23)nc2ccccc21. The Labute approximate surface area is 176 Å². The molecule has 1 fully saturated rings. The lowest BCUT2D eigenvalue weighted by molar-refractivity contribution is -0.125. The third kappa shape index (κ3) is 3.24. The first-order chi connectivity index (χ1) is 14.8. The Morgan fingerprint density at radius 3 is 2.60 bits per heavy atom. The maximum atomic E-state index is 13.3. The quantitative estimate of drug-likeness (QED) is 0.499. The largest absolute Gasteiger partial charge is 0.352 e. The standard InChI is InChI=1S/C25H26N4O/c1-2-22(25(30)27-17-9-3-4-10-17)29-23-14-8-7-13-21(23)28-24(29)19-15-16-26-20-12-6-5-11-18(19)20/h5-8,11-17,22H,2-4,9-10H2,1H3,(H,27,30). The Bertz CT molecular complexity index is 1200. The number of benzene rings is 2. The molecule has 0 aliphatic heterocycles. The van der Waals surface area contributed by atoms with Gasteiger partial charge in [0.05, 0.1) is 16.6 Å². The first kappa shape index (κ1) is 18.8. The van der Waals surface area contributed by atoms with E-state index in [0.717, 1.165) is 46.2 Å². The number of imidazole rings is 1. The summed E-state index contributed by atoms with van der Waals surface area (Å²) in [6, 6.07) is 18.2. The number of nitrogens with zero attached hydrogens (tertiary/aromatic N) is 3. The molecule has 2 aromatic carbocycles. The monoisotopic (exact) mass is 398 g/mol. The summed E-state index contributed by atoms with van der Waals surface area (Å²) in [5, 5.41) is 4.34. The summed E-state index contributed by atoms with van der Waals surface area (Å²) in [5.41, 5.74) is 3.82. The highest BCUT2D eigenvalue weighted by Crippen LogP contribution is 2.33. The summed E-state index contributed by atoms with van der Waals surface area (Å²) in [4.78, 5) is 22.8. The number of rotatable bonds is 5. The summed E-state index contributed by atoms with van der Waals surface area (Å²) < 4.78 is 2.13. The van der Waals surface area contributed by atoms with Crippen LogP contribution in [0.4, 0.5) is 0 Å². The number of hydrogen-bond acceptors (Lipinski definition) is 3. The van der Waals surface area contributed by atoms with E-state index in [-0.39, 0.29) is 11.9 Å². The van der Waals surface area contributed by atoms with E-state index in [1.165, 1.54) is 12.8 Å². The van der Waals surface area contributed by atoms with Crippen LogP contribution < -0.4 is 5.32 Å². The number of pyridine rings is 1. The molecular formula is C25H26N4O. The number of hydrogen-bond donors (Lipinski definition) is 1. The molecule has 1 N–H and O–H groups in total. The van der Waals surface area contributed by atoms with E-state index in [1.807, 2.05) is 48.7 Å². The van der Waals surface area contributed by atoms with Crippen molar-refractivity contribution in [1.29, 1.82) is 0 Å². The van der Waals surface area contributed by atoms with E-state index >= 15 is 0 Å². The van der Waals surface area contributed by atoms with Crippen molar-refractivity contribution in [3.63, 3.8) is 0 Å². The summed E-state index contributed by atoms with van der Waals surface area (Å²) in [6.07, 6.45) is 7.08. The highest BCUT2D eigenvalue weighted by Gasteiger charge is 2.28. The second kappa shape index (κ2) is 7.90. The van der Waals surface area contributed by atoms with Crippen LogP contribution in [0.25, 0.3) is 33.3 Å². The maximum absolute atomic E-state index is 13.3. The first-order valence-corrected chi connectivity index (χ1v) is 10.9. The van der Waals surface area contributed by atoms with Gasteiger partial charge in [0.15, 0.2) is 0 Å². The minimum absolute atomic E-state index is 0.0900. The van der Waals surface area contributed by atoms with Crippen molar-refractivity contribution >= 4 is 27.8 Å². The summed E-state index contributed by atoms with van der Waals surface area (Å²) in [7, 11) is 0. The Kier molecular flexibility index (Phi) is 4.95. The van der Waals surface area contributed by atoms with Gasteiger partial charge < -0.3 is 9.88 Å². The lowest BCUT2D eigenvalue weighted by Gasteiger charge is -2.22. The molecule has 1 unspecified atom stereocenters. The fourth-order valence-electron chi connectivity index (χ4n) is 4.69. The van der Waals surface area contributed by atoms with Crippen LogP contribution in [0.5, 0.6) is 0 Å². The molecule has 2 aromatic heterocycles. The number of amides is 1. The van der Waals surface area contributed by atoms with Crippen LogP contribution in [0.2, 0.25) is 0 Å². The molecule has 0 bridgehead atoms.